The van der Waals surface area contributed by atoms with Crippen molar-refractivity contribution in [3.63, 3.8) is 0 Å². The molecule has 0 aliphatic heterocycles. The van der Waals surface area contributed by atoms with Crippen LogP contribution in [0.3, 0.4) is 0 Å². The van der Waals surface area contributed by atoms with Gasteiger partial charge in [0.1, 0.15) is 0 Å². The Morgan fingerprint density at radius 2 is 1.83 bits per heavy atom. The van der Waals surface area contributed by atoms with E-state index in [0.717, 1.165) is 12.1 Å². The van der Waals surface area contributed by atoms with Crippen molar-refractivity contribution in [2.24, 2.45) is 0 Å². The molecule has 2 N–H and O–H groups in total. The summed E-state index contributed by atoms with van der Waals surface area (Å²) in [6.07, 6.45) is 1.61. The molecule has 30 heavy (non-hydrogen) atoms. The Morgan fingerprint density at radius 3 is 2.60 bits per heavy atom. The number of hydrogen-bond acceptors (Lipinski definition) is 5. The molecule has 2 aromatic carbocycles. The lowest BCUT2D eigenvalue weighted by atomic mass is 10.1. The number of aromatic nitrogens is 2. The molecule has 2 aromatic heterocycles. The number of fused-ring (bicyclic) bond motifs is 1. The van der Waals surface area contributed by atoms with Crippen molar-refractivity contribution >= 4 is 27.4 Å². The van der Waals surface area contributed by atoms with Crippen molar-refractivity contribution in [3.8, 4) is 0 Å². The van der Waals surface area contributed by atoms with Crippen molar-refractivity contribution in [2.45, 2.75) is 18.9 Å². The van der Waals surface area contributed by atoms with Crippen molar-refractivity contribution < 1.29 is 0 Å². The van der Waals surface area contributed by atoms with Gasteiger partial charge in [0.2, 0.25) is 5.95 Å². The van der Waals surface area contributed by atoms with Gasteiger partial charge in [0.15, 0.2) is 0 Å². The zero-order chi connectivity index (χ0) is 20.9. The third-order valence-corrected chi connectivity index (χ3v) is 6.31. The average Bonchev–Trinajstić information content (AvgIpc) is 3.13. The van der Waals surface area contributed by atoms with E-state index < -0.39 is 0 Å². The van der Waals surface area contributed by atoms with E-state index in [-0.39, 0.29) is 11.6 Å². The first-order valence-corrected chi connectivity index (χ1v) is 10.9. The van der Waals surface area contributed by atoms with E-state index in [4.69, 9.17) is 0 Å². The molecule has 2 heterocycles. The highest BCUT2D eigenvalue weighted by Gasteiger charge is 2.13. The van der Waals surface area contributed by atoms with E-state index in [1.165, 1.54) is 20.5 Å². The Bertz CT molecular complexity index is 1130. The average molecular weight is 419 g/mol. The van der Waals surface area contributed by atoms with Crippen LogP contribution in [0.4, 0.5) is 5.95 Å². The van der Waals surface area contributed by atoms with Crippen LogP contribution in [0.2, 0.25) is 0 Å². The van der Waals surface area contributed by atoms with Crippen LogP contribution in [0, 0.1) is 0 Å². The van der Waals surface area contributed by atoms with Crippen LogP contribution in [0.1, 0.15) is 16.1 Å². The van der Waals surface area contributed by atoms with Gasteiger partial charge in [-0.1, -0.05) is 48.5 Å². The second kappa shape index (κ2) is 9.24. The van der Waals surface area contributed by atoms with Crippen LogP contribution in [0.25, 0.3) is 10.1 Å². The number of likely N-dealkylation sites (N-methyl/N-ethyl adjacent to an activating group) is 1. The normalized spacial score (nSPS) is 12.4. The number of anilines is 1. The fourth-order valence-electron chi connectivity index (χ4n) is 3.54. The number of nitrogens with zero attached hydrogens (tertiary/aromatic N) is 2. The monoisotopic (exact) mass is 418 g/mol. The van der Waals surface area contributed by atoms with Crippen LogP contribution in [-0.2, 0) is 12.8 Å². The summed E-state index contributed by atoms with van der Waals surface area (Å²) < 4.78 is 1.26. The first-order chi connectivity index (χ1) is 14.6. The first-order valence-electron chi connectivity index (χ1n) is 10.1. The molecule has 5 nitrogen and oxygen atoms in total. The molecule has 0 bridgehead atoms. The zero-order valence-corrected chi connectivity index (χ0v) is 18.1. The minimum Gasteiger partial charge on any atom is -0.354 e. The summed E-state index contributed by atoms with van der Waals surface area (Å²) in [6.45, 7) is 0.692. The summed E-state index contributed by atoms with van der Waals surface area (Å²) >= 11 is 1.76. The quantitative estimate of drug-likeness (QED) is 0.451. The summed E-state index contributed by atoms with van der Waals surface area (Å²) in [7, 11) is 4.15. The van der Waals surface area contributed by atoms with E-state index in [2.05, 4.69) is 82.8 Å². The van der Waals surface area contributed by atoms with E-state index >= 15 is 0 Å². The molecule has 0 spiro atoms. The lowest BCUT2D eigenvalue weighted by Gasteiger charge is -2.25. The third-order valence-electron chi connectivity index (χ3n) is 5.19. The molecule has 0 amide bonds. The number of aromatic amines is 1. The number of benzene rings is 2. The highest BCUT2D eigenvalue weighted by molar-refractivity contribution is 7.19. The van der Waals surface area contributed by atoms with E-state index in [0.29, 0.717) is 18.9 Å². The van der Waals surface area contributed by atoms with Crippen LogP contribution < -0.4 is 10.9 Å². The van der Waals surface area contributed by atoms with Gasteiger partial charge < -0.3 is 15.2 Å². The summed E-state index contributed by atoms with van der Waals surface area (Å²) in [5.41, 5.74) is 1.93. The van der Waals surface area contributed by atoms with E-state index in [1.54, 1.807) is 17.4 Å². The number of H-pyrrole nitrogens is 1. The minimum absolute atomic E-state index is 0.225. The lowest BCUT2D eigenvalue weighted by Crippen LogP contribution is -2.37. The number of thiophene rings is 1. The van der Waals surface area contributed by atoms with Gasteiger partial charge in [-0.15, -0.1) is 11.3 Å². The molecule has 4 rings (SSSR count). The summed E-state index contributed by atoms with van der Waals surface area (Å²) in [6, 6.07) is 22.8. The Labute approximate surface area is 180 Å². The smallest absolute Gasteiger partial charge is 0.274 e. The topological polar surface area (TPSA) is 61.0 Å². The summed E-state index contributed by atoms with van der Waals surface area (Å²) in [4.78, 5) is 23.0. The van der Waals surface area contributed by atoms with Crippen molar-refractivity contribution in [1.82, 2.24) is 14.9 Å². The fourth-order valence-corrected chi connectivity index (χ4v) is 4.62. The van der Waals surface area contributed by atoms with E-state index in [1.807, 2.05) is 12.1 Å². The number of rotatable bonds is 8. The number of nitrogens with one attached hydrogen (secondary N) is 2. The first kappa shape index (κ1) is 20.3. The third kappa shape index (κ3) is 5.14. The Kier molecular flexibility index (Phi) is 6.26. The molecule has 0 fully saturated rings. The van der Waals surface area contributed by atoms with Crippen LogP contribution in [-0.4, -0.2) is 41.5 Å². The maximum atomic E-state index is 12.2. The van der Waals surface area contributed by atoms with Crippen molar-refractivity contribution in [2.75, 3.05) is 26.0 Å². The standard InChI is InChI=1S/C24H26N4OS/c1-28(2)20(12-17-8-4-3-5-9-17)16-25-24-26-19(15-23(29)27-24)14-21-13-18-10-6-7-11-22(18)30-21/h3-11,13,15,20H,12,14,16H2,1-2H3,(H2,25,26,27,29). The SMILES string of the molecule is CN(C)C(CNc1nc(=O)cc(Cc2cc3ccccc3s2)[nH]1)Cc1ccccc1. The number of hydrogen-bond donors (Lipinski definition) is 2. The largest absolute Gasteiger partial charge is 0.354 e. The van der Waals surface area contributed by atoms with E-state index in [9.17, 15) is 4.79 Å². The molecule has 0 saturated carbocycles. The molecule has 0 aliphatic rings. The molecule has 0 aliphatic carbocycles. The minimum atomic E-state index is -0.225. The van der Waals surface area contributed by atoms with Gasteiger partial charge in [-0.3, -0.25) is 4.79 Å². The summed E-state index contributed by atoms with van der Waals surface area (Å²) in [5, 5.41) is 4.57. The Morgan fingerprint density at radius 1 is 1.07 bits per heavy atom. The van der Waals surface area contributed by atoms with Crippen LogP contribution in [0.5, 0.6) is 0 Å². The van der Waals surface area contributed by atoms with Crippen molar-refractivity contribution in [1.29, 1.82) is 0 Å². The fraction of sp³-hybridized carbons (Fsp3) is 0.250. The lowest BCUT2D eigenvalue weighted by molar-refractivity contribution is 0.303. The molecule has 4 aromatic rings. The Balaban J connectivity index is 1.46. The molecule has 1 unspecified atom stereocenters. The molecule has 0 saturated heterocycles. The highest BCUT2D eigenvalue weighted by atomic mass is 32.1. The van der Waals surface area contributed by atoms with Gasteiger partial charge in [-0.25, -0.2) is 0 Å². The summed E-state index contributed by atoms with van der Waals surface area (Å²) in [5.74, 6) is 0.526. The molecule has 6 heteroatoms. The zero-order valence-electron chi connectivity index (χ0n) is 17.3. The van der Waals surface area contributed by atoms with Gasteiger partial charge in [-0.05, 0) is 43.6 Å². The maximum Gasteiger partial charge on any atom is 0.274 e. The molecular formula is C24H26N4OS. The van der Waals surface area contributed by atoms with Crippen LogP contribution >= 0.6 is 11.3 Å². The molecule has 0 radical (unpaired) electrons. The van der Waals surface area contributed by atoms with Gasteiger partial charge in [-0.2, -0.15) is 4.98 Å². The Hall–Kier alpha value is -2.96. The molecule has 154 valence electrons. The molecular weight excluding hydrogens is 392 g/mol. The van der Waals surface area contributed by atoms with Gasteiger partial charge >= 0.3 is 0 Å². The van der Waals surface area contributed by atoms with Crippen LogP contribution in [0.15, 0.2) is 71.5 Å². The predicted molar refractivity (Wildman–Crippen MR) is 126 cm³/mol. The van der Waals surface area contributed by atoms with Gasteiger partial charge in [0.25, 0.3) is 5.56 Å². The second-order valence-electron chi connectivity index (χ2n) is 7.71. The maximum absolute atomic E-state index is 12.2. The second-order valence-corrected chi connectivity index (χ2v) is 8.88. The van der Waals surface area contributed by atoms with Crippen molar-refractivity contribution in [3.05, 3.63) is 93.2 Å². The van der Waals surface area contributed by atoms with Gasteiger partial charge in [0.05, 0.1) is 0 Å². The highest BCUT2D eigenvalue weighted by Crippen LogP contribution is 2.26. The van der Waals surface area contributed by atoms with Gasteiger partial charge in [0, 0.05) is 40.3 Å². The molecule has 1 atom stereocenters. The predicted octanol–water partition coefficient (Wildman–Crippen LogP) is 4.16.